The number of anilines is 1. The number of fused-ring (bicyclic) bond motifs is 1. The van der Waals surface area contributed by atoms with E-state index in [2.05, 4.69) is 30.0 Å². The van der Waals surface area contributed by atoms with Gasteiger partial charge in [0, 0.05) is 18.8 Å². The van der Waals surface area contributed by atoms with Gasteiger partial charge in [0.2, 0.25) is 0 Å². The summed E-state index contributed by atoms with van der Waals surface area (Å²) in [5.74, 6) is 0. The molecule has 1 heterocycles. The number of hydrogen-bond acceptors (Lipinski definition) is 2. The van der Waals surface area contributed by atoms with Gasteiger partial charge in [0.15, 0.2) is 0 Å². The lowest BCUT2D eigenvalue weighted by Gasteiger charge is -2.16. The Hall–Kier alpha value is -1.28. The van der Waals surface area contributed by atoms with Gasteiger partial charge in [-0.15, -0.1) is 0 Å². The Kier molecular flexibility index (Phi) is 3.07. The van der Waals surface area contributed by atoms with E-state index in [0.29, 0.717) is 0 Å². The Morgan fingerprint density at radius 3 is 3.07 bits per heavy atom. The van der Waals surface area contributed by atoms with E-state index in [1.807, 2.05) is 6.08 Å². The summed E-state index contributed by atoms with van der Waals surface area (Å²) in [7, 11) is 0. The summed E-state index contributed by atoms with van der Waals surface area (Å²) in [6.07, 6.45) is 4.88. The first-order valence-electron chi connectivity index (χ1n) is 5.50. The second-order valence-corrected chi connectivity index (χ2v) is 3.80. The topological polar surface area (TPSA) is 23.5 Å². The van der Waals surface area contributed by atoms with Crippen LogP contribution in [-0.4, -0.2) is 24.8 Å². The lowest BCUT2D eigenvalue weighted by Crippen LogP contribution is -2.18. The van der Waals surface area contributed by atoms with Crippen LogP contribution in [0, 0.1) is 0 Å². The Bertz CT molecular complexity index is 371. The lowest BCUT2D eigenvalue weighted by atomic mass is 10.1. The van der Waals surface area contributed by atoms with Gasteiger partial charge in [0.1, 0.15) is 0 Å². The van der Waals surface area contributed by atoms with Crippen molar-refractivity contribution in [3.8, 4) is 0 Å². The molecule has 0 spiro atoms. The fourth-order valence-electron chi connectivity index (χ4n) is 2.11. The quantitative estimate of drug-likeness (QED) is 0.813. The Balaban J connectivity index is 2.25. The van der Waals surface area contributed by atoms with E-state index in [-0.39, 0.29) is 6.61 Å². The maximum Gasteiger partial charge on any atom is 0.0615 e. The number of likely N-dealkylation sites (N-methyl/N-ethyl adjacent to an activating group) is 1. The van der Waals surface area contributed by atoms with Crippen LogP contribution in [0.1, 0.15) is 18.1 Å². The molecule has 2 nitrogen and oxygen atoms in total. The van der Waals surface area contributed by atoms with Gasteiger partial charge in [0.05, 0.1) is 6.61 Å². The van der Waals surface area contributed by atoms with Crippen molar-refractivity contribution in [1.29, 1.82) is 0 Å². The van der Waals surface area contributed by atoms with E-state index < -0.39 is 0 Å². The second-order valence-electron chi connectivity index (χ2n) is 3.80. The number of aliphatic hydroxyl groups is 1. The Morgan fingerprint density at radius 1 is 1.47 bits per heavy atom. The van der Waals surface area contributed by atoms with Crippen molar-refractivity contribution < 1.29 is 5.11 Å². The predicted molar refractivity (Wildman–Crippen MR) is 64.2 cm³/mol. The van der Waals surface area contributed by atoms with Gasteiger partial charge in [-0.2, -0.15) is 0 Å². The molecule has 0 saturated carbocycles. The van der Waals surface area contributed by atoms with Crippen molar-refractivity contribution >= 4 is 11.8 Å². The summed E-state index contributed by atoms with van der Waals surface area (Å²) >= 11 is 0. The number of nitrogens with zero attached hydrogens (tertiary/aromatic N) is 1. The van der Waals surface area contributed by atoms with Crippen LogP contribution < -0.4 is 4.90 Å². The van der Waals surface area contributed by atoms with E-state index in [4.69, 9.17) is 5.11 Å². The Labute approximate surface area is 90.8 Å². The van der Waals surface area contributed by atoms with Gasteiger partial charge in [-0.3, -0.25) is 0 Å². The molecule has 0 aliphatic carbocycles. The van der Waals surface area contributed by atoms with Gasteiger partial charge in [-0.1, -0.05) is 18.2 Å². The van der Waals surface area contributed by atoms with Crippen LogP contribution in [0.15, 0.2) is 24.3 Å². The van der Waals surface area contributed by atoms with Crippen LogP contribution in [0.25, 0.3) is 6.08 Å². The molecule has 2 rings (SSSR count). The summed E-state index contributed by atoms with van der Waals surface area (Å²) in [6, 6.07) is 6.51. The molecule has 0 unspecified atom stereocenters. The zero-order chi connectivity index (χ0) is 10.7. The first kappa shape index (κ1) is 10.2. The largest absolute Gasteiger partial charge is 0.392 e. The van der Waals surface area contributed by atoms with Crippen molar-refractivity contribution in [2.75, 3.05) is 24.6 Å². The van der Waals surface area contributed by atoms with Crippen LogP contribution in [-0.2, 0) is 6.42 Å². The smallest absolute Gasteiger partial charge is 0.0615 e. The van der Waals surface area contributed by atoms with Crippen molar-refractivity contribution in [3.63, 3.8) is 0 Å². The lowest BCUT2D eigenvalue weighted by molar-refractivity contribution is 0.343. The van der Waals surface area contributed by atoms with Crippen molar-refractivity contribution in [1.82, 2.24) is 0 Å². The SMILES string of the molecule is CCN1CCc2cc(/C=C/CO)ccc21. The van der Waals surface area contributed by atoms with Gasteiger partial charge in [-0.05, 0) is 36.6 Å². The highest BCUT2D eigenvalue weighted by Gasteiger charge is 2.16. The monoisotopic (exact) mass is 203 g/mol. The van der Waals surface area contributed by atoms with Gasteiger partial charge < -0.3 is 10.0 Å². The van der Waals surface area contributed by atoms with Crippen molar-refractivity contribution in [2.24, 2.45) is 0 Å². The maximum absolute atomic E-state index is 8.71. The minimum absolute atomic E-state index is 0.109. The minimum Gasteiger partial charge on any atom is -0.392 e. The molecule has 0 atom stereocenters. The maximum atomic E-state index is 8.71. The summed E-state index contributed by atoms with van der Waals surface area (Å²) in [4.78, 5) is 2.40. The molecule has 1 aliphatic heterocycles. The number of benzene rings is 1. The average Bonchev–Trinajstić information content (AvgIpc) is 2.68. The molecule has 0 fully saturated rings. The van der Waals surface area contributed by atoms with Crippen LogP contribution in [0.3, 0.4) is 0 Å². The van der Waals surface area contributed by atoms with Crippen LogP contribution in [0.4, 0.5) is 5.69 Å². The average molecular weight is 203 g/mol. The molecule has 1 aromatic rings. The fourth-order valence-corrected chi connectivity index (χ4v) is 2.11. The first-order chi connectivity index (χ1) is 7.35. The molecule has 1 aliphatic rings. The molecule has 2 heteroatoms. The molecular weight excluding hydrogens is 186 g/mol. The molecule has 0 amide bonds. The number of hydrogen-bond donors (Lipinski definition) is 1. The second kappa shape index (κ2) is 4.49. The molecule has 0 aromatic heterocycles. The third kappa shape index (κ3) is 2.05. The normalized spacial score (nSPS) is 14.9. The minimum atomic E-state index is 0.109. The predicted octanol–water partition coefficient (Wildman–Crippen LogP) is 2.07. The molecule has 80 valence electrons. The highest BCUT2D eigenvalue weighted by Crippen LogP contribution is 2.28. The first-order valence-corrected chi connectivity index (χ1v) is 5.50. The van der Waals surface area contributed by atoms with E-state index in [0.717, 1.165) is 19.5 Å². The molecule has 0 saturated heterocycles. The third-order valence-corrected chi connectivity index (χ3v) is 2.89. The Morgan fingerprint density at radius 2 is 2.33 bits per heavy atom. The summed E-state index contributed by atoms with van der Waals surface area (Å²) in [5, 5.41) is 8.71. The van der Waals surface area contributed by atoms with Crippen molar-refractivity contribution in [2.45, 2.75) is 13.3 Å². The standard InChI is InChI=1S/C13H17NO/c1-2-14-8-7-12-10-11(4-3-9-15)5-6-13(12)14/h3-6,10,15H,2,7-9H2,1H3/b4-3+. The van der Waals surface area contributed by atoms with Crippen LogP contribution >= 0.6 is 0 Å². The summed E-state index contributed by atoms with van der Waals surface area (Å²) in [6.45, 7) is 4.52. The van der Waals surface area contributed by atoms with E-state index in [1.165, 1.54) is 16.8 Å². The van der Waals surface area contributed by atoms with E-state index >= 15 is 0 Å². The van der Waals surface area contributed by atoms with Crippen molar-refractivity contribution in [3.05, 3.63) is 35.4 Å². The molecule has 1 aromatic carbocycles. The molecule has 0 radical (unpaired) electrons. The van der Waals surface area contributed by atoms with Gasteiger partial charge in [0.25, 0.3) is 0 Å². The highest BCUT2D eigenvalue weighted by molar-refractivity contribution is 5.63. The summed E-state index contributed by atoms with van der Waals surface area (Å²) < 4.78 is 0. The van der Waals surface area contributed by atoms with Gasteiger partial charge in [-0.25, -0.2) is 0 Å². The van der Waals surface area contributed by atoms with Crippen LogP contribution in [0.2, 0.25) is 0 Å². The molecule has 1 N–H and O–H groups in total. The zero-order valence-electron chi connectivity index (χ0n) is 9.11. The highest BCUT2D eigenvalue weighted by atomic mass is 16.2. The fraction of sp³-hybridized carbons (Fsp3) is 0.385. The molecular formula is C13H17NO. The van der Waals surface area contributed by atoms with Crippen LogP contribution in [0.5, 0.6) is 0 Å². The van der Waals surface area contributed by atoms with E-state index in [1.54, 1.807) is 6.08 Å². The van der Waals surface area contributed by atoms with Gasteiger partial charge >= 0.3 is 0 Å². The summed E-state index contributed by atoms with van der Waals surface area (Å²) in [5.41, 5.74) is 3.98. The number of aliphatic hydroxyl groups excluding tert-OH is 1. The molecule has 0 bridgehead atoms. The molecule has 15 heavy (non-hydrogen) atoms. The zero-order valence-corrected chi connectivity index (χ0v) is 9.11. The number of rotatable bonds is 3. The van der Waals surface area contributed by atoms with E-state index in [9.17, 15) is 0 Å². The third-order valence-electron chi connectivity index (χ3n) is 2.89.